The molecule has 130 valence electrons. The Hall–Kier alpha value is -2.99. The third-order valence-electron chi connectivity index (χ3n) is 4.19. The van der Waals surface area contributed by atoms with Crippen LogP contribution in [0.25, 0.3) is 17.6 Å². The van der Waals surface area contributed by atoms with Crippen LogP contribution in [0.3, 0.4) is 0 Å². The molecular formula is C19H15ClN4O2. The maximum absolute atomic E-state index is 12.2. The Morgan fingerprint density at radius 3 is 2.77 bits per heavy atom. The average molecular weight is 367 g/mol. The van der Waals surface area contributed by atoms with E-state index in [1.165, 1.54) is 6.08 Å². The summed E-state index contributed by atoms with van der Waals surface area (Å²) in [5, 5.41) is 4.58. The molecule has 2 aromatic heterocycles. The first kappa shape index (κ1) is 16.5. The van der Waals surface area contributed by atoms with E-state index in [2.05, 4.69) is 15.1 Å². The molecule has 4 rings (SSSR count). The molecule has 0 bridgehead atoms. The van der Waals surface area contributed by atoms with E-state index in [0.717, 1.165) is 5.56 Å². The Kier molecular flexibility index (Phi) is 4.50. The van der Waals surface area contributed by atoms with Gasteiger partial charge >= 0.3 is 0 Å². The summed E-state index contributed by atoms with van der Waals surface area (Å²) >= 11 is 6.08. The summed E-state index contributed by atoms with van der Waals surface area (Å²) in [4.78, 5) is 22.5. The molecule has 0 radical (unpaired) electrons. The van der Waals surface area contributed by atoms with Gasteiger partial charge in [-0.1, -0.05) is 41.0 Å². The second-order valence-corrected chi connectivity index (χ2v) is 6.37. The fourth-order valence-corrected chi connectivity index (χ4v) is 2.89. The van der Waals surface area contributed by atoms with Crippen molar-refractivity contribution < 1.29 is 9.32 Å². The lowest BCUT2D eigenvalue weighted by molar-refractivity contribution is -0.130. The molecule has 1 aromatic carbocycles. The van der Waals surface area contributed by atoms with Crippen LogP contribution in [0, 0.1) is 0 Å². The monoisotopic (exact) mass is 366 g/mol. The summed E-state index contributed by atoms with van der Waals surface area (Å²) < 4.78 is 5.32. The molecule has 0 saturated carbocycles. The lowest BCUT2D eigenvalue weighted by Crippen LogP contribution is -2.47. The van der Waals surface area contributed by atoms with E-state index in [-0.39, 0.29) is 11.8 Å². The molecule has 7 heteroatoms. The van der Waals surface area contributed by atoms with Gasteiger partial charge in [-0.2, -0.15) is 4.98 Å². The Labute approximate surface area is 155 Å². The van der Waals surface area contributed by atoms with Crippen molar-refractivity contribution in [1.29, 1.82) is 0 Å². The molecule has 1 aliphatic rings. The zero-order valence-electron chi connectivity index (χ0n) is 13.7. The molecule has 0 unspecified atom stereocenters. The Bertz CT molecular complexity index is 949. The topological polar surface area (TPSA) is 72.1 Å². The van der Waals surface area contributed by atoms with Crippen molar-refractivity contribution in [3.05, 3.63) is 71.2 Å². The van der Waals surface area contributed by atoms with Gasteiger partial charge in [-0.25, -0.2) is 0 Å². The fraction of sp³-hybridized carbons (Fsp3) is 0.158. The van der Waals surface area contributed by atoms with Gasteiger partial charge in [0.05, 0.1) is 5.92 Å². The molecule has 6 nitrogen and oxygen atoms in total. The lowest BCUT2D eigenvalue weighted by atomic mass is 10.00. The van der Waals surface area contributed by atoms with E-state index < -0.39 is 0 Å². The van der Waals surface area contributed by atoms with Gasteiger partial charge in [0.25, 0.3) is 0 Å². The van der Waals surface area contributed by atoms with Crippen molar-refractivity contribution in [3.8, 4) is 11.5 Å². The predicted molar refractivity (Wildman–Crippen MR) is 97.3 cm³/mol. The number of hydrogen-bond donors (Lipinski definition) is 0. The first-order chi connectivity index (χ1) is 12.7. The summed E-state index contributed by atoms with van der Waals surface area (Å²) in [5.41, 5.74) is 1.48. The van der Waals surface area contributed by atoms with Gasteiger partial charge in [0.1, 0.15) is 5.69 Å². The van der Waals surface area contributed by atoms with E-state index >= 15 is 0 Å². The van der Waals surface area contributed by atoms with Crippen LogP contribution in [0.5, 0.6) is 0 Å². The Balaban J connectivity index is 1.36. The van der Waals surface area contributed by atoms with Crippen molar-refractivity contribution in [1.82, 2.24) is 20.0 Å². The fourth-order valence-electron chi connectivity index (χ4n) is 2.69. The summed E-state index contributed by atoms with van der Waals surface area (Å²) in [7, 11) is 0. The van der Waals surface area contributed by atoms with Crippen molar-refractivity contribution in [2.24, 2.45) is 0 Å². The molecular weight excluding hydrogens is 352 g/mol. The molecule has 1 amide bonds. The van der Waals surface area contributed by atoms with Crippen molar-refractivity contribution in [2.75, 3.05) is 13.1 Å². The van der Waals surface area contributed by atoms with Gasteiger partial charge in [-0.15, -0.1) is 0 Å². The van der Waals surface area contributed by atoms with E-state index in [9.17, 15) is 4.79 Å². The Morgan fingerprint density at radius 1 is 1.19 bits per heavy atom. The number of benzene rings is 1. The average Bonchev–Trinajstić information content (AvgIpc) is 3.10. The van der Waals surface area contributed by atoms with Gasteiger partial charge in [-0.05, 0) is 29.8 Å². The number of likely N-dealkylation sites (tertiary alicyclic amines) is 1. The van der Waals surface area contributed by atoms with Crippen LogP contribution in [0.15, 0.2) is 59.3 Å². The molecule has 3 aromatic rings. The highest BCUT2D eigenvalue weighted by Gasteiger charge is 2.34. The standard InChI is InChI=1S/C19H15ClN4O2/c20-15-6-2-1-5-13(15)8-9-17(25)24-11-14(12-24)19-22-18(23-26-19)16-7-3-4-10-21-16/h1-10,14H,11-12H2/b9-8+. The molecule has 1 saturated heterocycles. The highest BCUT2D eigenvalue weighted by Crippen LogP contribution is 2.27. The SMILES string of the molecule is O=C(/C=C/c1ccccc1Cl)N1CC(c2nc(-c3ccccn3)no2)C1. The second kappa shape index (κ2) is 7.09. The summed E-state index contributed by atoms with van der Waals surface area (Å²) in [6, 6.07) is 12.9. The van der Waals surface area contributed by atoms with Crippen LogP contribution in [-0.2, 0) is 4.79 Å². The molecule has 26 heavy (non-hydrogen) atoms. The number of pyridine rings is 1. The zero-order chi connectivity index (χ0) is 17.9. The summed E-state index contributed by atoms with van der Waals surface area (Å²) in [5.74, 6) is 0.983. The number of carbonyl (C=O) groups excluding carboxylic acids is 1. The predicted octanol–water partition coefficient (Wildman–Crippen LogP) is 3.42. The van der Waals surface area contributed by atoms with E-state index in [4.69, 9.17) is 16.1 Å². The number of nitrogens with zero attached hydrogens (tertiary/aromatic N) is 4. The normalized spacial score (nSPS) is 14.6. The zero-order valence-corrected chi connectivity index (χ0v) is 14.5. The second-order valence-electron chi connectivity index (χ2n) is 5.97. The maximum Gasteiger partial charge on any atom is 0.246 e. The summed E-state index contributed by atoms with van der Waals surface area (Å²) in [6.45, 7) is 1.10. The van der Waals surface area contributed by atoms with Gasteiger partial charge in [0.15, 0.2) is 0 Å². The highest BCUT2D eigenvalue weighted by atomic mass is 35.5. The van der Waals surface area contributed by atoms with Crippen molar-refractivity contribution >= 4 is 23.6 Å². The molecule has 0 atom stereocenters. The van der Waals surface area contributed by atoms with Crippen LogP contribution < -0.4 is 0 Å². The molecule has 1 aliphatic heterocycles. The van der Waals surface area contributed by atoms with E-state index in [1.54, 1.807) is 23.2 Å². The minimum atomic E-state index is -0.0642. The highest BCUT2D eigenvalue weighted by molar-refractivity contribution is 6.32. The van der Waals surface area contributed by atoms with Gasteiger partial charge < -0.3 is 9.42 Å². The van der Waals surface area contributed by atoms with Crippen molar-refractivity contribution in [2.45, 2.75) is 5.92 Å². The van der Waals surface area contributed by atoms with E-state index in [0.29, 0.717) is 35.5 Å². The number of halogens is 1. The third-order valence-corrected chi connectivity index (χ3v) is 4.53. The molecule has 0 aliphatic carbocycles. The first-order valence-corrected chi connectivity index (χ1v) is 8.55. The van der Waals surface area contributed by atoms with Gasteiger partial charge in [0.2, 0.25) is 17.6 Å². The third kappa shape index (κ3) is 3.36. The Morgan fingerprint density at radius 2 is 2.00 bits per heavy atom. The van der Waals surface area contributed by atoms with Gasteiger partial charge in [-0.3, -0.25) is 9.78 Å². The van der Waals surface area contributed by atoms with Crippen LogP contribution in [-0.4, -0.2) is 39.0 Å². The van der Waals surface area contributed by atoms with Crippen LogP contribution in [0.1, 0.15) is 17.4 Å². The lowest BCUT2D eigenvalue weighted by Gasteiger charge is -2.36. The number of aromatic nitrogens is 3. The first-order valence-electron chi connectivity index (χ1n) is 8.17. The number of carbonyl (C=O) groups is 1. The van der Waals surface area contributed by atoms with Gasteiger partial charge in [0, 0.05) is 30.4 Å². The molecule has 3 heterocycles. The molecule has 0 spiro atoms. The molecule has 1 fully saturated rings. The quantitative estimate of drug-likeness (QED) is 0.661. The largest absolute Gasteiger partial charge is 0.338 e. The maximum atomic E-state index is 12.2. The number of amides is 1. The smallest absolute Gasteiger partial charge is 0.246 e. The minimum absolute atomic E-state index is 0.0534. The van der Waals surface area contributed by atoms with Crippen molar-refractivity contribution in [3.63, 3.8) is 0 Å². The van der Waals surface area contributed by atoms with Crippen LogP contribution in [0.2, 0.25) is 5.02 Å². The number of rotatable bonds is 4. The minimum Gasteiger partial charge on any atom is -0.338 e. The summed E-state index contributed by atoms with van der Waals surface area (Å²) in [6.07, 6.45) is 4.94. The number of hydrogen-bond acceptors (Lipinski definition) is 5. The van der Waals surface area contributed by atoms with E-state index in [1.807, 2.05) is 36.4 Å². The molecule has 0 N–H and O–H groups in total. The van der Waals surface area contributed by atoms with Crippen LogP contribution >= 0.6 is 11.6 Å². The van der Waals surface area contributed by atoms with Crippen LogP contribution in [0.4, 0.5) is 0 Å².